The SMILES string of the molecule is CC1(C)c2ccccc2-c2cccc(-c3ccc(-n4c5ccccc5c5cc(-c6ccc7c(c6)c6ccccc6n7-c6ccccc6)ccc54)cc3)c21.Cc1cc(-c2ccccc2)cc(-c2ccc(-n3c4ccccc4c4cc(-c5ccc6c(c5)c5ccccc5n6-c5ccccc5)ccc43)cc2)c1. The van der Waals surface area contributed by atoms with Crippen LogP contribution in [0.4, 0.5) is 0 Å². The topological polar surface area (TPSA) is 19.7 Å². The molecule has 4 heteroatoms. The number of benzene rings is 16. The second-order valence-electron chi connectivity index (χ2n) is 28.5. The Morgan fingerprint density at radius 2 is 0.490 bits per heavy atom. The van der Waals surface area contributed by atoms with Crippen molar-refractivity contribution in [3.05, 3.63) is 387 Å². The molecule has 0 spiro atoms. The highest BCUT2D eigenvalue weighted by Gasteiger charge is 2.37. The van der Waals surface area contributed by atoms with Crippen LogP contribution in [0.25, 0.3) is 177 Å². The molecule has 0 atom stereocenters. The lowest BCUT2D eigenvalue weighted by atomic mass is 9.79. The lowest BCUT2D eigenvalue weighted by Crippen LogP contribution is -2.16. The minimum atomic E-state index is -0.0603. The third kappa shape index (κ3) is 9.82. The number of hydrogen-bond acceptors (Lipinski definition) is 0. The van der Waals surface area contributed by atoms with Crippen LogP contribution in [0, 0.1) is 6.92 Å². The van der Waals surface area contributed by atoms with Gasteiger partial charge in [-0.1, -0.05) is 257 Å². The highest BCUT2D eigenvalue weighted by molar-refractivity contribution is 6.15. The van der Waals surface area contributed by atoms with Gasteiger partial charge in [0.05, 0.1) is 44.1 Å². The summed E-state index contributed by atoms with van der Waals surface area (Å²) in [7, 11) is 0. The molecule has 1 aliphatic carbocycles. The van der Waals surface area contributed by atoms with Gasteiger partial charge in [0.15, 0.2) is 0 Å². The first-order valence-corrected chi connectivity index (χ1v) is 36.1. The lowest BCUT2D eigenvalue weighted by Gasteiger charge is -2.24. The maximum Gasteiger partial charge on any atom is 0.0541 e. The van der Waals surface area contributed by atoms with Crippen LogP contribution >= 0.6 is 0 Å². The summed E-state index contributed by atoms with van der Waals surface area (Å²) in [4.78, 5) is 0. The van der Waals surface area contributed by atoms with Gasteiger partial charge in [-0.25, -0.2) is 0 Å². The molecule has 21 rings (SSSR count). The molecule has 0 unspecified atom stereocenters. The molecular formula is C100H70N4. The Hall–Kier alpha value is -13.3. The van der Waals surface area contributed by atoms with E-state index in [2.05, 4.69) is 409 Å². The highest BCUT2D eigenvalue weighted by Crippen LogP contribution is 2.52. The van der Waals surface area contributed by atoms with Gasteiger partial charge < -0.3 is 18.3 Å². The fraction of sp³-hybridized carbons (Fsp3) is 0.0400. The van der Waals surface area contributed by atoms with E-state index in [0.717, 1.165) is 11.4 Å². The standard InChI is InChI=1S/C51H36N2.C49H34N2/c1-51(2)45-20-9-6-15-39(45)42-19-12-18-38(50(42)51)33-23-27-37(28-24-33)53-47-22-11-8-17-41(47)44-32-35(26-30-49(44)53)34-25-29-48-43(31-34)40-16-7-10-21-46(40)52(48)36-13-4-3-5-14-36;1-33-28-38(34-12-4-2-5-13-34)30-39(29-33)35-20-24-41(25-21-35)51-47-19-11-9-17-43(47)45-32-37(23-27-49(45)51)36-22-26-48-44(31-36)42-16-8-10-18-46(42)50(48)40-14-6-3-7-15-40/h3-32H,1-2H3;2-32H,1H3. The van der Waals surface area contributed by atoms with Gasteiger partial charge in [0.2, 0.25) is 0 Å². The van der Waals surface area contributed by atoms with Gasteiger partial charge in [0.25, 0.3) is 0 Å². The maximum atomic E-state index is 2.42. The van der Waals surface area contributed by atoms with E-state index in [1.807, 2.05) is 0 Å². The van der Waals surface area contributed by atoms with Crippen LogP contribution in [0.1, 0.15) is 30.5 Å². The first-order chi connectivity index (χ1) is 51.3. The van der Waals surface area contributed by atoms with E-state index in [9.17, 15) is 0 Å². The van der Waals surface area contributed by atoms with Crippen LogP contribution in [-0.2, 0) is 5.41 Å². The number of aryl methyl sites for hydroxylation is 1. The molecule has 0 radical (unpaired) electrons. The van der Waals surface area contributed by atoms with Crippen LogP contribution in [0.15, 0.2) is 370 Å². The molecule has 0 aliphatic heterocycles. The van der Waals surface area contributed by atoms with Crippen LogP contribution in [0.5, 0.6) is 0 Å². The van der Waals surface area contributed by atoms with Crippen molar-refractivity contribution in [1.29, 1.82) is 0 Å². The number of nitrogens with zero attached hydrogens (tertiary/aromatic N) is 4. The van der Waals surface area contributed by atoms with E-state index in [-0.39, 0.29) is 5.41 Å². The van der Waals surface area contributed by atoms with Gasteiger partial charge >= 0.3 is 0 Å². The zero-order valence-corrected chi connectivity index (χ0v) is 58.0. The molecule has 4 aromatic heterocycles. The predicted octanol–water partition coefficient (Wildman–Crippen LogP) is 26.7. The van der Waals surface area contributed by atoms with Crippen LogP contribution < -0.4 is 0 Å². The van der Waals surface area contributed by atoms with Crippen molar-refractivity contribution in [1.82, 2.24) is 18.3 Å². The highest BCUT2D eigenvalue weighted by atomic mass is 15.0. The van der Waals surface area contributed by atoms with E-state index < -0.39 is 0 Å². The molecular weight excluding hydrogens is 1260 g/mol. The van der Waals surface area contributed by atoms with Crippen LogP contribution in [-0.4, -0.2) is 18.3 Å². The van der Waals surface area contributed by atoms with Crippen LogP contribution in [0.3, 0.4) is 0 Å². The van der Waals surface area contributed by atoms with Crippen LogP contribution in [0.2, 0.25) is 0 Å². The molecule has 16 aromatic carbocycles. The Kier molecular flexibility index (Phi) is 14.1. The molecule has 490 valence electrons. The van der Waals surface area contributed by atoms with Crippen molar-refractivity contribution in [3.8, 4) is 89.5 Å². The average molecular weight is 1330 g/mol. The van der Waals surface area contributed by atoms with Crippen molar-refractivity contribution in [2.45, 2.75) is 26.2 Å². The predicted molar refractivity (Wildman–Crippen MR) is 440 cm³/mol. The molecule has 0 N–H and O–H groups in total. The summed E-state index contributed by atoms with van der Waals surface area (Å²) in [6.45, 7) is 6.91. The summed E-state index contributed by atoms with van der Waals surface area (Å²) in [5, 5.41) is 10.1. The molecule has 0 fully saturated rings. The van der Waals surface area contributed by atoms with Gasteiger partial charge in [-0.2, -0.15) is 0 Å². The third-order valence-corrected chi connectivity index (χ3v) is 22.0. The van der Waals surface area contributed by atoms with Crippen molar-refractivity contribution in [2.24, 2.45) is 0 Å². The number of hydrogen-bond donors (Lipinski definition) is 0. The Morgan fingerprint density at radius 1 is 0.192 bits per heavy atom. The van der Waals surface area contributed by atoms with Crippen molar-refractivity contribution in [3.63, 3.8) is 0 Å². The largest absolute Gasteiger partial charge is 0.309 e. The second kappa shape index (κ2) is 24.2. The molecule has 20 aromatic rings. The molecule has 104 heavy (non-hydrogen) atoms. The van der Waals surface area contributed by atoms with Crippen molar-refractivity contribution < 1.29 is 0 Å². The van der Waals surface area contributed by atoms with Gasteiger partial charge in [-0.05, 0) is 218 Å². The summed E-state index contributed by atoms with van der Waals surface area (Å²) < 4.78 is 9.57. The first-order valence-electron chi connectivity index (χ1n) is 36.1. The molecule has 4 heterocycles. The number of para-hydroxylation sites is 6. The third-order valence-electron chi connectivity index (χ3n) is 22.0. The molecule has 0 saturated carbocycles. The second-order valence-corrected chi connectivity index (χ2v) is 28.5. The fourth-order valence-electron chi connectivity index (χ4n) is 17.3. The van der Waals surface area contributed by atoms with E-state index in [4.69, 9.17) is 0 Å². The van der Waals surface area contributed by atoms with E-state index >= 15 is 0 Å². The number of fused-ring (bicyclic) bond motifs is 15. The Morgan fingerprint density at radius 3 is 0.904 bits per heavy atom. The maximum absolute atomic E-state index is 2.42. The lowest BCUT2D eigenvalue weighted by molar-refractivity contribution is 0.662. The summed E-state index contributed by atoms with van der Waals surface area (Å²) >= 11 is 0. The summed E-state index contributed by atoms with van der Waals surface area (Å²) in [6.07, 6.45) is 0. The number of aromatic nitrogens is 4. The van der Waals surface area contributed by atoms with Gasteiger partial charge in [-0.3, -0.25) is 0 Å². The smallest absolute Gasteiger partial charge is 0.0541 e. The molecule has 0 saturated heterocycles. The summed E-state index contributed by atoms with van der Waals surface area (Å²) in [5.41, 5.74) is 33.5. The van der Waals surface area contributed by atoms with E-state index in [0.29, 0.717) is 0 Å². The average Bonchev–Trinajstić information content (AvgIpc) is 1.59. The quantitative estimate of drug-likeness (QED) is 0.137. The Labute approximate surface area is 604 Å². The zero-order valence-electron chi connectivity index (χ0n) is 58.0. The molecule has 4 nitrogen and oxygen atoms in total. The zero-order chi connectivity index (χ0) is 69.2. The summed E-state index contributed by atoms with van der Waals surface area (Å²) in [5.74, 6) is 0. The first kappa shape index (κ1) is 60.7. The van der Waals surface area contributed by atoms with Gasteiger partial charge in [0.1, 0.15) is 0 Å². The minimum absolute atomic E-state index is 0.0603. The van der Waals surface area contributed by atoms with E-state index in [1.54, 1.807) is 0 Å². The minimum Gasteiger partial charge on any atom is -0.309 e. The molecule has 0 amide bonds. The van der Waals surface area contributed by atoms with Gasteiger partial charge in [0, 0.05) is 71.3 Å². The van der Waals surface area contributed by atoms with Gasteiger partial charge in [-0.15, -0.1) is 0 Å². The number of rotatable bonds is 9. The Balaban J connectivity index is 0.000000139. The molecule has 0 bridgehead atoms. The molecule has 1 aliphatic rings. The Bertz CT molecular complexity index is 6780. The fourth-order valence-corrected chi connectivity index (χ4v) is 17.3. The monoisotopic (exact) mass is 1330 g/mol. The van der Waals surface area contributed by atoms with Crippen molar-refractivity contribution >= 4 is 87.2 Å². The normalized spacial score (nSPS) is 12.5. The van der Waals surface area contributed by atoms with Crippen molar-refractivity contribution in [2.75, 3.05) is 0 Å². The van der Waals surface area contributed by atoms with E-state index in [1.165, 1.54) is 182 Å². The summed E-state index contributed by atoms with van der Waals surface area (Å²) in [6, 6.07) is 136.